The second-order valence-electron chi connectivity index (χ2n) is 5.03. The third-order valence-corrected chi connectivity index (χ3v) is 3.79. The number of fused-ring (bicyclic) bond motifs is 1. The van der Waals surface area contributed by atoms with Gasteiger partial charge in [-0.25, -0.2) is 4.79 Å². The molecule has 1 aliphatic heterocycles. The van der Waals surface area contributed by atoms with Gasteiger partial charge in [0.1, 0.15) is 5.75 Å². The van der Waals surface area contributed by atoms with Gasteiger partial charge in [0.15, 0.2) is 0 Å². The summed E-state index contributed by atoms with van der Waals surface area (Å²) in [7, 11) is 0. The van der Waals surface area contributed by atoms with E-state index in [-0.39, 0.29) is 6.04 Å². The minimum absolute atomic E-state index is 0.255. The van der Waals surface area contributed by atoms with Crippen LogP contribution in [0.4, 0.5) is 4.79 Å². The van der Waals surface area contributed by atoms with Crippen molar-refractivity contribution >= 4 is 6.09 Å². The van der Waals surface area contributed by atoms with E-state index in [1.54, 1.807) is 6.07 Å². The molecule has 0 radical (unpaired) electrons. The predicted molar refractivity (Wildman–Crippen MR) is 65.7 cm³/mol. The Balaban J connectivity index is 1.62. The van der Waals surface area contributed by atoms with Crippen molar-refractivity contribution in [3.05, 3.63) is 29.3 Å². The maximum atomic E-state index is 10.7. The van der Waals surface area contributed by atoms with Crippen molar-refractivity contribution in [1.29, 1.82) is 0 Å². The quantitative estimate of drug-likeness (QED) is 0.738. The fourth-order valence-corrected chi connectivity index (χ4v) is 2.80. The van der Waals surface area contributed by atoms with Crippen molar-refractivity contribution < 1.29 is 15.0 Å². The smallest absolute Gasteiger partial charge is 0.407 e. The maximum Gasteiger partial charge on any atom is 0.407 e. The first kappa shape index (κ1) is 11.3. The van der Waals surface area contributed by atoms with Crippen LogP contribution in [0.3, 0.4) is 0 Å². The normalized spacial score (nSPS) is 22.7. The third-order valence-electron chi connectivity index (χ3n) is 3.79. The van der Waals surface area contributed by atoms with Crippen LogP contribution in [0.2, 0.25) is 0 Å². The second-order valence-corrected chi connectivity index (χ2v) is 5.03. The molecule has 1 aromatic rings. The van der Waals surface area contributed by atoms with Crippen LogP contribution in [-0.4, -0.2) is 40.3 Å². The molecule has 5 nitrogen and oxygen atoms in total. The van der Waals surface area contributed by atoms with Crippen LogP contribution in [-0.2, 0) is 6.42 Å². The highest BCUT2D eigenvalue weighted by molar-refractivity contribution is 5.66. The van der Waals surface area contributed by atoms with Gasteiger partial charge < -0.3 is 20.4 Å². The number of likely N-dealkylation sites (tertiary alicyclic amines) is 1. The van der Waals surface area contributed by atoms with Crippen LogP contribution in [0.1, 0.15) is 23.6 Å². The number of nitrogens with zero attached hydrogens (tertiary/aromatic N) is 1. The van der Waals surface area contributed by atoms with E-state index in [4.69, 9.17) is 5.11 Å². The summed E-state index contributed by atoms with van der Waals surface area (Å²) in [5.74, 6) is 0.315. The molecule has 0 saturated carbocycles. The number of phenolic OH excluding ortho intramolecular Hbond substituents is 1. The Kier molecular flexibility index (Phi) is 2.63. The monoisotopic (exact) mass is 248 g/mol. The maximum absolute atomic E-state index is 10.7. The van der Waals surface area contributed by atoms with E-state index >= 15 is 0 Å². The number of carboxylic acid groups (broad SMARTS) is 1. The minimum atomic E-state index is -0.843. The van der Waals surface area contributed by atoms with E-state index in [2.05, 4.69) is 5.32 Å². The lowest BCUT2D eigenvalue weighted by Gasteiger charge is -2.39. The third kappa shape index (κ3) is 1.90. The molecule has 5 heteroatoms. The number of hydrogen-bond donors (Lipinski definition) is 3. The summed E-state index contributed by atoms with van der Waals surface area (Å²) >= 11 is 0. The Morgan fingerprint density at radius 3 is 2.89 bits per heavy atom. The molecule has 0 bridgehead atoms. The molecule has 1 fully saturated rings. The Bertz CT molecular complexity index is 483. The van der Waals surface area contributed by atoms with E-state index in [0.29, 0.717) is 24.9 Å². The van der Waals surface area contributed by atoms with Crippen molar-refractivity contribution in [3.8, 4) is 5.75 Å². The molecule has 1 unspecified atom stereocenters. The summed E-state index contributed by atoms with van der Waals surface area (Å²) in [4.78, 5) is 12.1. The summed E-state index contributed by atoms with van der Waals surface area (Å²) in [6, 6.07) is 6.04. The first-order valence-electron chi connectivity index (χ1n) is 6.19. The van der Waals surface area contributed by atoms with E-state index in [0.717, 1.165) is 12.8 Å². The van der Waals surface area contributed by atoms with Gasteiger partial charge in [-0.1, -0.05) is 6.07 Å². The van der Waals surface area contributed by atoms with Crippen LogP contribution in [0.25, 0.3) is 0 Å². The lowest BCUT2D eigenvalue weighted by molar-refractivity contribution is 0.0919. The Morgan fingerprint density at radius 2 is 2.17 bits per heavy atom. The molecule has 2 aliphatic rings. The van der Waals surface area contributed by atoms with E-state index in [9.17, 15) is 9.90 Å². The zero-order chi connectivity index (χ0) is 12.7. The van der Waals surface area contributed by atoms with Crippen LogP contribution < -0.4 is 5.32 Å². The number of nitrogens with one attached hydrogen (secondary N) is 1. The molecule has 1 atom stereocenters. The van der Waals surface area contributed by atoms with Crippen molar-refractivity contribution in [2.75, 3.05) is 13.1 Å². The van der Waals surface area contributed by atoms with Crippen LogP contribution in [0.5, 0.6) is 5.75 Å². The number of aromatic hydroxyl groups is 1. The van der Waals surface area contributed by atoms with E-state index < -0.39 is 6.09 Å². The zero-order valence-corrected chi connectivity index (χ0v) is 9.97. The Labute approximate surface area is 105 Å². The molecular weight excluding hydrogens is 232 g/mol. The van der Waals surface area contributed by atoms with Crippen molar-refractivity contribution in [2.24, 2.45) is 0 Å². The van der Waals surface area contributed by atoms with Gasteiger partial charge >= 0.3 is 6.09 Å². The van der Waals surface area contributed by atoms with Gasteiger partial charge in [-0.3, -0.25) is 0 Å². The number of rotatable bonds is 2. The van der Waals surface area contributed by atoms with Crippen molar-refractivity contribution in [1.82, 2.24) is 10.2 Å². The first-order valence-corrected chi connectivity index (χ1v) is 6.19. The van der Waals surface area contributed by atoms with Gasteiger partial charge in [-0.2, -0.15) is 0 Å². The number of phenols is 1. The summed E-state index contributed by atoms with van der Waals surface area (Å²) in [5.41, 5.74) is 2.43. The minimum Gasteiger partial charge on any atom is -0.508 e. The molecule has 1 aromatic carbocycles. The number of amides is 1. The summed E-state index contributed by atoms with van der Waals surface area (Å²) in [6.07, 6.45) is 1.14. The molecule has 18 heavy (non-hydrogen) atoms. The summed E-state index contributed by atoms with van der Waals surface area (Å²) in [5, 5.41) is 21.7. The Hall–Kier alpha value is -1.75. The fraction of sp³-hybridized carbons (Fsp3) is 0.462. The SMILES string of the molecule is O=C(O)N1CC(NC2CCc3cc(O)ccc32)C1. The van der Waals surface area contributed by atoms with Crippen LogP contribution in [0.15, 0.2) is 18.2 Å². The zero-order valence-electron chi connectivity index (χ0n) is 9.97. The molecule has 96 valence electrons. The predicted octanol–water partition coefficient (Wildman–Crippen LogP) is 1.33. The van der Waals surface area contributed by atoms with Crippen LogP contribution >= 0.6 is 0 Å². The molecule has 0 spiro atoms. The first-order chi connectivity index (χ1) is 8.63. The molecule has 1 saturated heterocycles. The van der Waals surface area contributed by atoms with Gasteiger partial charge in [0.05, 0.1) is 0 Å². The number of aryl methyl sites for hydroxylation is 1. The summed E-state index contributed by atoms with van der Waals surface area (Å²) in [6.45, 7) is 1.14. The standard InChI is InChI=1S/C13H16N2O3/c16-10-2-3-11-8(5-10)1-4-12(11)14-9-6-15(7-9)13(17)18/h2-3,5,9,12,14,16H,1,4,6-7H2,(H,17,18). The molecule has 1 amide bonds. The Morgan fingerprint density at radius 1 is 1.39 bits per heavy atom. The average Bonchev–Trinajstić information content (AvgIpc) is 2.64. The van der Waals surface area contributed by atoms with Crippen molar-refractivity contribution in [3.63, 3.8) is 0 Å². The fourth-order valence-electron chi connectivity index (χ4n) is 2.80. The molecule has 3 rings (SSSR count). The molecule has 3 N–H and O–H groups in total. The van der Waals surface area contributed by atoms with Crippen LogP contribution in [0, 0.1) is 0 Å². The van der Waals surface area contributed by atoms with Gasteiger partial charge in [0, 0.05) is 25.2 Å². The van der Waals surface area contributed by atoms with Gasteiger partial charge in [0.25, 0.3) is 0 Å². The van der Waals surface area contributed by atoms with E-state index in [1.807, 2.05) is 12.1 Å². The number of benzene rings is 1. The van der Waals surface area contributed by atoms with Gasteiger partial charge in [-0.05, 0) is 36.1 Å². The molecule has 0 aromatic heterocycles. The topological polar surface area (TPSA) is 72.8 Å². The molecule has 1 heterocycles. The molecular formula is C13H16N2O3. The number of hydrogen-bond acceptors (Lipinski definition) is 3. The highest BCUT2D eigenvalue weighted by Crippen LogP contribution is 2.34. The lowest BCUT2D eigenvalue weighted by Crippen LogP contribution is -2.59. The van der Waals surface area contributed by atoms with Gasteiger partial charge in [-0.15, -0.1) is 0 Å². The highest BCUT2D eigenvalue weighted by atomic mass is 16.4. The van der Waals surface area contributed by atoms with Gasteiger partial charge in [0.2, 0.25) is 0 Å². The molecule has 1 aliphatic carbocycles. The summed E-state index contributed by atoms with van der Waals surface area (Å²) < 4.78 is 0. The lowest BCUT2D eigenvalue weighted by atomic mass is 10.0. The number of carbonyl (C=O) groups is 1. The average molecular weight is 248 g/mol. The largest absolute Gasteiger partial charge is 0.508 e. The van der Waals surface area contributed by atoms with Crippen molar-refractivity contribution in [2.45, 2.75) is 24.9 Å². The second kappa shape index (κ2) is 4.17. The van der Waals surface area contributed by atoms with E-state index in [1.165, 1.54) is 16.0 Å². The highest BCUT2D eigenvalue weighted by Gasteiger charge is 2.33.